The average molecular weight is 296 g/mol. The van der Waals surface area contributed by atoms with Gasteiger partial charge >= 0.3 is 0 Å². The van der Waals surface area contributed by atoms with E-state index in [-0.39, 0.29) is 0 Å². The van der Waals surface area contributed by atoms with Gasteiger partial charge in [0.25, 0.3) is 0 Å². The highest BCUT2D eigenvalue weighted by atomic mass is 32.1. The largest absolute Gasteiger partial charge is 0.357 e. The van der Waals surface area contributed by atoms with E-state index in [4.69, 9.17) is 4.99 Å². The van der Waals surface area contributed by atoms with Crippen molar-refractivity contribution in [3.63, 3.8) is 0 Å². The molecule has 4 nitrogen and oxygen atoms in total. The third-order valence-electron chi connectivity index (χ3n) is 2.96. The number of rotatable bonds is 7. The van der Waals surface area contributed by atoms with E-state index in [2.05, 4.69) is 48.4 Å². The maximum Gasteiger partial charge on any atom is 0.194 e. The number of guanidine groups is 1. The van der Waals surface area contributed by atoms with Crippen molar-refractivity contribution in [3.8, 4) is 0 Å². The molecule has 0 aliphatic heterocycles. The maximum absolute atomic E-state index is 4.70. The van der Waals surface area contributed by atoms with Gasteiger partial charge in [0.2, 0.25) is 0 Å². The number of aryl methyl sites for hydroxylation is 1. The Morgan fingerprint density at radius 3 is 2.80 bits per heavy atom. The highest BCUT2D eigenvalue weighted by Gasteiger charge is 2.08. The molecule has 20 heavy (non-hydrogen) atoms. The smallest absolute Gasteiger partial charge is 0.194 e. The molecule has 0 spiro atoms. The molecule has 1 aromatic heterocycles. The molecule has 0 saturated carbocycles. The normalized spacial score (nSPS) is 12.0. The number of nitrogens with one attached hydrogen (secondary N) is 1. The molecular weight excluding hydrogens is 268 g/mol. The number of nitrogens with zero attached hydrogens (tertiary/aromatic N) is 3. The van der Waals surface area contributed by atoms with E-state index in [0.717, 1.165) is 48.6 Å². The fourth-order valence-electron chi connectivity index (χ4n) is 1.95. The summed E-state index contributed by atoms with van der Waals surface area (Å²) in [5.41, 5.74) is 1.11. The second kappa shape index (κ2) is 8.95. The zero-order chi connectivity index (χ0) is 15.0. The van der Waals surface area contributed by atoms with Crippen molar-refractivity contribution >= 4 is 17.3 Å². The molecule has 0 unspecified atom stereocenters. The summed E-state index contributed by atoms with van der Waals surface area (Å²) in [4.78, 5) is 11.3. The highest BCUT2D eigenvalue weighted by molar-refractivity contribution is 7.09. The first-order valence-corrected chi connectivity index (χ1v) is 8.31. The fourth-order valence-corrected chi connectivity index (χ4v) is 2.56. The standard InChI is InChI=1S/C15H28N4S/c1-6-16-15(17-9-7-8-12(2)3)19(5)10-14-11-20-13(4)18-14/h11-12H,6-10H2,1-5H3,(H,16,17). The van der Waals surface area contributed by atoms with E-state index in [9.17, 15) is 0 Å². The predicted molar refractivity (Wildman–Crippen MR) is 88.4 cm³/mol. The highest BCUT2D eigenvalue weighted by Crippen LogP contribution is 2.10. The van der Waals surface area contributed by atoms with Crippen LogP contribution in [-0.2, 0) is 6.54 Å². The van der Waals surface area contributed by atoms with Gasteiger partial charge in [0.1, 0.15) is 0 Å². The summed E-state index contributed by atoms with van der Waals surface area (Å²) in [5.74, 6) is 1.73. The van der Waals surface area contributed by atoms with Gasteiger partial charge < -0.3 is 10.2 Å². The van der Waals surface area contributed by atoms with E-state index < -0.39 is 0 Å². The molecule has 0 aliphatic carbocycles. The van der Waals surface area contributed by atoms with Crippen molar-refractivity contribution in [3.05, 3.63) is 16.1 Å². The molecule has 0 saturated heterocycles. The molecule has 1 rings (SSSR count). The van der Waals surface area contributed by atoms with Crippen LogP contribution in [0.4, 0.5) is 0 Å². The minimum atomic E-state index is 0.753. The molecule has 114 valence electrons. The Kier molecular flexibility index (Phi) is 7.59. The predicted octanol–water partition coefficient (Wildman–Crippen LogP) is 3.29. The summed E-state index contributed by atoms with van der Waals surface area (Å²) >= 11 is 1.70. The molecule has 5 heteroatoms. The number of aromatic nitrogens is 1. The average Bonchev–Trinajstić information content (AvgIpc) is 2.78. The third-order valence-corrected chi connectivity index (χ3v) is 3.79. The van der Waals surface area contributed by atoms with Gasteiger partial charge in [-0.2, -0.15) is 0 Å². The van der Waals surface area contributed by atoms with Crippen LogP contribution in [0.2, 0.25) is 0 Å². The van der Waals surface area contributed by atoms with Crippen molar-refractivity contribution in [2.45, 2.75) is 47.1 Å². The monoisotopic (exact) mass is 296 g/mol. The summed E-state index contributed by atoms with van der Waals surface area (Å²) in [6, 6.07) is 0. The van der Waals surface area contributed by atoms with Gasteiger partial charge in [0, 0.05) is 25.5 Å². The number of hydrogen-bond acceptors (Lipinski definition) is 3. The van der Waals surface area contributed by atoms with Crippen LogP contribution in [0.15, 0.2) is 10.4 Å². The SMILES string of the molecule is CCNC(=NCCCC(C)C)N(C)Cc1csc(C)n1. The van der Waals surface area contributed by atoms with Crippen LogP contribution >= 0.6 is 11.3 Å². The lowest BCUT2D eigenvalue weighted by molar-refractivity contribution is 0.469. The van der Waals surface area contributed by atoms with Crippen LogP contribution in [0.3, 0.4) is 0 Å². The van der Waals surface area contributed by atoms with Crippen LogP contribution < -0.4 is 5.32 Å². The van der Waals surface area contributed by atoms with E-state index in [1.807, 2.05) is 6.92 Å². The van der Waals surface area contributed by atoms with E-state index >= 15 is 0 Å². The zero-order valence-electron chi connectivity index (χ0n) is 13.4. The quantitative estimate of drug-likeness (QED) is 0.477. The van der Waals surface area contributed by atoms with Gasteiger partial charge in [0.05, 0.1) is 17.2 Å². The molecule has 1 heterocycles. The van der Waals surface area contributed by atoms with Gasteiger partial charge in [-0.05, 0) is 32.6 Å². The first kappa shape index (κ1) is 17.0. The molecule has 0 aliphatic rings. The Morgan fingerprint density at radius 2 is 2.25 bits per heavy atom. The van der Waals surface area contributed by atoms with Crippen LogP contribution in [-0.4, -0.2) is 36.0 Å². The molecule has 1 aromatic rings. The topological polar surface area (TPSA) is 40.5 Å². The van der Waals surface area contributed by atoms with Crippen molar-refractivity contribution in [2.75, 3.05) is 20.1 Å². The summed E-state index contributed by atoms with van der Waals surface area (Å²) in [6.07, 6.45) is 2.38. The van der Waals surface area contributed by atoms with Crippen molar-refractivity contribution < 1.29 is 0 Å². The molecule has 0 radical (unpaired) electrons. The van der Waals surface area contributed by atoms with Crippen molar-refractivity contribution in [1.29, 1.82) is 0 Å². The summed E-state index contributed by atoms with van der Waals surface area (Å²) in [7, 11) is 2.07. The summed E-state index contributed by atoms with van der Waals surface area (Å²) in [6.45, 7) is 11.2. The number of aliphatic imine (C=N–C) groups is 1. The van der Waals surface area contributed by atoms with E-state index in [1.54, 1.807) is 11.3 Å². The molecule has 0 bridgehead atoms. The molecule has 0 aromatic carbocycles. The first-order valence-electron chi connectivity index (χ1n) is 7.43. The third kappa shape index (κ3) is 6.37. The van der Waals surface area contributed by atoms with Gasteiger partial charge in [-0.1, -0.05) is 13.8 Å². The lowest BCUT2D eigenvalue weighted by Gasteiger charge is -2.21. The molecular formula is C15H28N4S. The van der Waals surface area contributed by atoms with Crippen LogP contribution in [0, 0.1) is 12.8 Å². The maximum atomic E-state index is 4.70. The summed E-state index contributed by atoms with van der Waals surface area (Å²) < 4.78 is 0. The number of hydrogen-bond donors (Lipinski definition) is 1. The molecule has 1 N–H and O–H groups in total. The van der Waals surface area contributed by atoms with Crippen LogP contribution in [0.1, 0.15) is 44.3 Å². The zero-order valence-corrected chi connectivity index (χ0v) is 14.3. The Balaban J connectivity index is 2.52. The Labute approximate surface area is 127 Å². The van der Waals surface area contributed by atoms with Crippen molar-refractivity contribution in [2.24, 2.45) is 10.9 Å². The van der Waals surface area contributed by atoms with Crippen LogP contribution in [0.5, 0.6) is 0 Å². The van der Waals surface area contributed by atoms with Gasteiger partial charge in [-0.25, -0.2) is 4.98 Å². The Morgan fingerprint density at radius 1 is 1.50 bits per heavy atom. The van der Waals surface area contributed by atoms with Crippen molar-refractivity contribution in [1.82, 2.24) is 15.2 Å². The molecule has 0 fully saturated rings. The van der Waals surface area contributed by atoms with Gasteiger partial charge in [-0.3, -0.25) is 4.99 Å². The second-order valence-corrected chi connectivity index (χ2v) is 6.55. The lowest BCUT2D eigenvalue weighted by Crippen LogP contribution is -2.38. The minimum Gasteiger partial charge on any atom is -0.357 e. The minimum absolute atomic E-state index is 0.753. The Hall–Kier alpha value is -1.10. The molecule has 0 atom stereocenters. The summed E-state index contributed by atoms with van der Waals surface area (Å²) in [5, 5.41) is 6.59. The fraction of sp³-hybridized carbons (Fsp3) is 0.733. The first-order chi connectivity index (χ1) is 9.52. The molecule has 0 amide bonds. The van der Waals surface area contributed by atoms with E-state index in [0.29, 0.717) is 0 Å². The lowest BCUT2D eigenvalue weighted by atomic mass is 10.1. The van der Waals surface area contributed by atoms with Gasteiger partial charge in [-0.15, -0.1) is 11.3 Å². The van der Waals surface area contributed by atoms with Gasteiger partial charge in [0.15, 0.2) is 5.96 Å². The number of thiazole rings is 1. The Bertz CT molecular complexity index is 412. The van der Waals surface area contributed by atoms with E-state index in [1.165, 1.54) is 6.42 Å². The van der Waals surface area contributed by atoms with Crippen LogP contribution in [0.25, 0.3) is 0 Å². The second-order valence-electron chi connectivity index (χ2n) is 5.49.